The normalized spacial score (nSPS) is 11.0. The van der Waals surface area contributed by atoms with E-state index in [1.165, 1.54) is 11.1 Å². The highest BCUT2D eigenvalue weighted by Crippen LogP contribution is 2.35. The Bertz CT molecular complexity index is 1220. The summed E-state index contributed by atoms with van der Waals surface area (Å²) < 4.78 is 20.7. The molecule has 218 valence electrons. The Hall–Kier alpha value is -4.19. The number of rotatable bonds is 13. The second kappa shape index (κ2) is 14.3. The first kappa shape index (κ1) is 32.0. The van der Waals surface area contributed by atoms with Crippen LogP contribution in [-0.4, -0.2) is 59.7 Å². The van der Waals surface area contributed by atoms with Crippen LogP contribution in [0.15, 0.2) is 30.3 Å². The molecule has 0 saturated carbocycles. The molecular formula is C28H37N3O9. The highest BCUT2D eigenvalue weighted by Gasteiger charge is 2.29. The van der Waals surface area contributed by atoms with Gasteiger partial charge in [0.1, 0.15) is 0 Å². The van der Waals surface area contributed by atoms with Crippen LogP contribution in [0.2, 0.25) is 0 Å². The minimum Gasteiger partial charge on any atom is -0.478 e. The van der Waals surface area contributed by atoms with Gasteiger partial charge in [-0.25, -0.2) is 15.0 Å². The number of nitro groups is 1. The molecule has 0 bridgehead atoms. The third kappa shape index (κ3) is 9.23. The van der Waals surface area contributed by atoms with Gasteiger partial charge in [0.15, 0.2) is 24.7 Å². The van der Waals surface area contributed by atoms with Crippen molar-refractivity contribution in [2.24, 2.45) is 0 Å². The van der Waals surface area contributed by atoms with Crippen molar-refractivity contribution in [3.63, 3.8) is 0 Å². The summed E-state index contributed by atoms with van der Waals surface area (Å²) in [5.41, 5.74) is 4.45. The van der Waals surface area contributed by atoms with Gasteiger partial charge in [-0.1, -0.05) is 17.2 Å². The Labute approximate surface area is 233 Å². The fraction of sp³-hybridized carbons (Fsp3) is 0.464. The number of nitrogens with one attached hydrogen (secondary N) is 1. The molecule has 12 heteroatoms. The molecule has 0 radical (unpaired) electrons. The molecule has 0 spiro atoms. The maximum Gasteiger partial charge on any atom is 0.344 e. The van der Waals surface area contributed by atoms with Crippen LogP contribution in [0.25, 0.3) is 0 Å². The third-order valence-corrected chi connectivity index (χ3v) is 5.41. The smallest absolute Gasteiger partial charge is 0.344 e. The Kier molecular flexibility index (Phi) is 11.4. The first-order chi connectivity index (χ1) is 18.8. The summed E-state index contributed by atoms with van der Waals surface area (Å²) >= 11 is 0. The number of esters is 2. The van der Waals surface area contributed by atoms with Gasteiger partial charge in [0, 0.05) is 17.7 Å². The number of amides is 1. The molecule has 2 aromatic rings. The van der Waals surface area contributed by atoms with E-state index in [0.29, 0.717) is 5.56 Å². The first-order valence-corrected chi connectivity index (χ1v) is 12.8. The Morgan fingerprint density at radius 2 is 1.38 bits per heavy atom. The minimum atomic E-state index is -0.699. The van der Waals surface area contributed by atoms with E-state index in [4.69, 9.17) is 18.9 Å². The number of benzene rings is 2. The van der Waals surface area contributed by atoms with Crippen molar-refractivity contribution >= 4 is 23.5 Å². The second-order valence-corrected chi connectivity index (χ2v) is 9.89. The van der Waals surface area contributed by atoms with E-state index in [1.54, 1.807) is 26.0 Å². The maximum atomic E-state index is 13.5. The molecule has 2 rings (SSSR count). The van der Waals surface area contributed by atoms with Gasteiger partial charge in [-0.2, -0.15) is 0 Å². The maximum absolute atomic E-state index is 13.5. The molecule has 0 atom stereocenters. The molecule has 2 aromatic carbocycles. The molecule has 0 heterocycles. The van der Waals surface area contributed by atoms with Crippen molar-refractivity contribution in [1.29, 1.82) is 0 Å². The second-order valence-electron chi connectivity index (χ2n) is 9.89. The highest BCUT2D eigenvalue weighted by molar-refractivity contribution is 5.94. The van der Waals surface area contributed by atoms with Gasteiger partial charge in [-0.05, 0) is 66.7 Å². The Morgan fingerprint density at radius 1 is 0.875 bits per heavy atom. The fourth-order valence-electron chi connectivity index (χ4n) is 3.81. The molecule has 0 fully saturated rings. The number of hydrogen-bond acceptors (Lipinski definition) is 10. The largest absolute Gasteiger partial charge is 0.478 e. The summed E-state index contributed by atoms with van der Waals surface area (Å²) in [6, 6.07) is 7.93. The summed E-state index contributed by atoms with van der Waals surface area (Å²) in [4.78, 5) is 48.6. The zero-order valence-corrected chi connectivity index (χ0v) is 24.0. The van der Waals surface area contributed by atoms with E-state index >= 15 is 0 Å². The zero-order chi connectivity index (χ0) is 30.0. The standard InChI is InChI=1S/C28H37N3O9/c1-8-37-25(32)16-39-23-13-21(22(31(35)36)14-24(23)40-17-26(33)38-9-2)15-29-30(28(5,6)7)27(34)20-11-18(3)10-19(4)12-20/h10-14,29H,8-9,15-17H2,1-7H3. The van der Waals surface area contributed by atoms with Gasteiger partial charge in [0.2, 0.25) is 0 Å². The zero-order valence-electron chi connectivity index (χ0n) is 24.0. The number of nitrogens with zero attached hydrogens (tertiary/aromatic N) is 2. The van der Waals surface area contributed by atoms with Gasteiger partial charge < -0.3 is 18.9 Å². The third-order valence-electron chi connectivity index (χ3n) is 5.41. The number of hydrogen-bond donors (Lipinski definition) is 1. The molecule has 0 aromatic heterocycles. The average Bonchev–Trinajstić information content (AvgIpc) is 2.85. The van der Waals surface area contributed by atoms with E-state index in [0.717, 1.165) is 17.2 Å². The van der Waals surface area contributed by atoms with Crippen molar-refractivity contribution in [3.8, 4) is 11.5 Å². The first-order valence-electron chi connectivity index (χ1n) is 12.8. The lowest BCUT2D eigenvalue weighted by molar-refractivity contribution is -0.385. The Morgan fingerprint density at radius 3 is 1.82 bits per heavy atom. The van der Waals surface area contributed by atoms with Crippen LogP contribution in [0, 0.1) is 24.0 Å². The van der Waals surface area contributed by atoms with Gasteiger partial charge in [0.25, 0.3) is 11.6 Å². The molecule has 0 unspecified atom stereocenters. The van der Waals surface area contributed by atoms with Crippen LogP contribution in [0.4, 0.5) is 5.69 Å². The number of hydrazine groups is 1. The lowest BCUT2D eigenvalue weighted by Crippen LogP contribution is -2.53. The lowest BCUT2D eigenvalue weighted by atomic mass is 10.0. The molecule has 1 N–H and O–H groups in total. The monoisotopic (exact) mass is 559 g/mol. The summed E-state index contributed by atoms with van der Waals surface area (Å²) in [5, 5.41) is 13.4. The van der Waals surface area contributed by atoms with Crippen molar-refractivity contribution in [2.45, 2.75) is 60.5 Å². The summed E-state index contributed by atoms with van der Waals surface area (Å²) in [5.74, 6) is -1.81. The van der Waals surface area contributed by atoms with Gasteiger partial charge in [0.05, 0.1) is 29.7 Å². The van der Waals surface area contributed by atoms with E-state index in [-0.39, 0.29) is 48.4 Å². The van der Waals surface area contributed by atoms with Crippen molar-refractivity contribution in [1.82, 2.24) is 10.4 Å². The van der Waals surface area contributed by atoms with Gasteiger partial charge >= 0.3 is 11.9 Å². The predicted octanol–water partition coefficient (Wildman–Crippen LogP) is 4.04. The molecule has 40 heavy (non-hydrogen) atoms. The average molecular weight is 560 g/mol. The van der Waals surface area contributed by atoms with Crippen LogP contribution in [-0.2, 0) is 25.6 Å². The number of aryl methyl sites for hydroxylation is 2. The summed E-state index contributed by atoms with van der Waals surface area (Å²) in [6.07, 6.45) is 0. The van der Waals surface area contributed by atoms with E-state index in [9.17, 15) is 24.5 Å². The van der Waals surface area contributed by atoms with Crippen LogP contribution in [0.1, 0.15) is 61.7 Å². The number of carbonyl (C=O) groups is 3. The molecular weight excluding hydrogens is 522 g/mol. The molecule has 0 aliphatic carbocycles. The summed E-state index contributed by atoms with van der Waals surface area (Å²) in [6.45, 7) is 11.7. The highest BCUT2D eigenvalue weighted by atomic mass is 16.6. The molecule has 0 saturated heterocycles. The van der Waals surface area contributed by atoms with E-state index < -0.39 is 35.6 Å². The summed E-state index contributed by atoms with van der Waals surface area (Å²) in [7, 11) is 0. The lowest BCUT2D eigenvalue weighted by Gasteiger charge is -2.36. The Balaban J connectivity index is 2.44. The molecule has 1 amide bonds. The van der Waals surface area contributed by atoms with Crippen molar-refractivity contribution < 1.29 is 38.3 Å². The number of nitro benzene ring substituents is 1. The molecule has 12 nitrogen and oxygen atoms in total. The number of ether oxygens (including phenoxy) is 4. The quantitative estimate of drug-likeness (QED) is 0.217. The fourth-order valence-corrected chi connectivity index (χ4v) is 3.81. The van der Waals surface area contributed by atoms with Gasteiger partial charge in [-0.15, -0.1) is 0 Å². The SMILES string of the molecule is CCOC(=O)COc1cc(CNN(C(=O)c2cc(C)cc(C)c2)C(C)(C)C)c([N+](=O)[O-])cc1OCC(=O)OCC. The van der Waals surface area contributed by atoms with Crippen LogP contribution in [0.5, 0.6) is 11.5 Å². The predicted molar refractivity (Wildman–Crippen MR) is 146 cm³/mol. The minimum absolute atomic E-state index is 0.0253. The number of carbonyl (C=O) groups excluding carboxylic acids is 3. The van der Waals surface area contributed by atoms with Gasteiger partial charge in [-0.3, -0.25) is 19.9 Å². The van der Waals surface area contributed by atoms with E-state index in [1.807, 2.05) is 40.7 Å². The van der Waals surface area contributed by atoms with Crippen molar-refractivity contribution in [2.75, 3.05) is 26.4 Å². The topological polar surface area (TPSA) is 147 Å². The molecule has 0 aliphatic heterocycles. The molecule has 0 aliphatic rings. The van der Waals surface area contributed by atoms with Crippen LogP contribution < -0.4 is 14.9 Å². The van der Waals surface area contributed by atoms with Crippen LogP contribution >= 0.6 is 0 Å². The van der Waals surface area contributed by atoms with E-state index in [2.05, 4.69) is 5.43 Å². The van der Waals surface area contributed by atoms with Crippen LogP contribution in [0.3, 0.4) is 0 Å². The van der Waals surface area contributed by atoms with Crippen molar-refractivity contribution in [3.05, 3.63) is 62.7 Å².